The van der Waals surface area contributed by atoms with Gasteiger partial charge >= 0.3 is 0 Å². The van der Waals surface area contributed by atoms with E-state index in [9.17, 15) is 9.90 Å². The molecule has 4 fully saturated rings. The lowest BCUT2D eigenvalue weighted by Gasteiger charge is -2.60. The molecule has 4 aliphatic rings. The number of fused-ring (bicyclic) bond motifs is 5. The maximum atomic E-state index is 12.1. The molecular formula is C19H30O2. The van der Waals surface area contributed by atoms with E-state index in [0.717, 1.165) is 43.4 Å². The van der Waals surface area contributed by atoms with E-state index in [2.05, 4.69) is 13.8 Å². The monoisotopic (exact) mass is 290 g/mol. The van der Waals surface area contributed by atoms with Crippen LogP contribution in [0.5, 0.6) is 0 Å². The third kappa shape index (κ3) is 1.97. The first-order valence-corrected chi connectivity index (χ1v) is 9.12. The summed E-state index contributed by atoms with van der Waals surface area (Å²) in [5.41, 5.74) is 0.755. The summed E-state index contributed by atoms with van der Waals surface area (Å²) >= 11 is 0. The summed E-state index contributed by atoms with van der Waals surface area (Å²) in [6.07, 6.45) is 10.1. The molecular weight excluding hydrogens is 260 g/mol. The van der Waals surface area contributed by atoms with Crippen LogP contribution in [0.15, 0.2) is 0 Å². The molecule has 0 spiro atoms. The molecule has 7 atom stereocenters. The molecule has 0 amide bonds. The van der Waals surface area contributed by atoms with Gasteiger partial charge in [0.05, 0.1) is 6.10 Å². The lowest BCUT2D eigenvalue weighted by atomic mass is 9.45. The number of aliphatic hydroxyl groups excluding tert-OH is 1. The molecule has 4 saturated carbocycles. The molecule has 0 bridgehead atoms. The number of aliphatic hydroxyl groups is 1. The van der Waals surface area contributed by atoms with Gasteiger partial charge in [-0.3, -0.25) is 4.79 Å². The van der Waals surface area contributed by atoms with Crippen molar-refractivity contribution in [1.82, 2.24) is 0 Å². The van der Waals surface area contributed by atoms with Crippen LogP contribution >= 0.6 is 0 Å². The smallest absolute Gasteiger partial charge is 0.133 e. The summed E-state index contributed by atoms with van der Waals surface area (Å²) in [4.78, 5) is 12.1. The van der Waals surface area contributed by atoms with Gasteiger partial charge in [0.2, 0.25) is 0 Å². The third-order valence-electron chi connectivity index (χ3n) is 8.20. The molecule has 0 aromatic rings. The first-order chi connectivity index (χ1) is 9.92. The molecule has 0 radical (unpaired) electrons. The highest BCUT2D eigenvalue weighted by Crippen LogP contribution is 2.65. The van der Waals surface area contributed by atoms with Gasteiger partial charge in [-0.05, 0) is 79.4 Å². The number of rotatable bonds is 0. The van der Waals surface area contributed by atoms with Crippen LogP contribution in [0.1, 0.15) is 71.6 Å². The second kappa shape index (κ2) is 4.57. The van der Waals surface area contributed by atoms with Crippen LogP contribution in [-0.4, -0.2) is 17.0 Å². The van der Waals surface area contributed by atoms with Crippen molar-refractivity contribution in [3.8, 4) is 0 Å². The highest BCUT2D eigenvalue weighted by molar-refractivity contribution is 5.82. The van der Waals surface area contributed by atoms with E-state index in [1.54, 1.807) is 0 Å². The molecule has 21 heavy (non-hydrogen) atoms. The molecule has 0 saturated heterocycles. The van der Waals surface area contributed by atoms with Crippen molar-refractivity contribution >= 4 is 5.78 Å². The normalized spacial score (nSPS) is 56.5. The Hall–Kier alpha value is -0.370. The van der Waals surface area contributed by atoms with Gasteiger partial charge in [-0.15, -0.1) is 0 Å². The van der Waals surface area contributed by atoms with Crippen molar-refractivity contribution in [3.63, 3.8) is 0 Å². The summed E-state index contributed by atoms with van der Waals surface area (Å²) in [6, 6.07) is 0. The van der Waals surface area contributed by atoms with Gasteiger partial charge in [-0.25, -0.2) is 0 Å². The quantitative estimate of drug-likeness (QED) is 0.733. The Kier molecular flexibility index (Phi) is 3.10. The van der Waals surface area contributed by atoms with Gasteiger partial charge in [0.25, 0.3) is 0 Å². The van der Waals surface area contributed by atoms with Gasteiger partial charge in [0, 0.05) is 12.8 Å². The Labute approximate surface area is 128 Å². The lowest BCUT2D eigenvalue weighted by molar-refractivity contribution is -0.121. The summed E-state index contributed by atoms with van der Waals surface area (Å²) in [5.74, 6) is 3.51. The number of carbonyl (C=O) groups is 1. The number of ketones is 1. The van der Waals surface area contributed by atoms with Crippen LogP contribution in [0.2, 0.25) is 0 Å². The van der Waals surface area contributed by atoms with Crippen LogP contribution < -0.4 is 0 Å². The second-order valence-electron chi connectivity index (χ2n) is 9.20. The van der Waals surface area contributed by atoms with Crippen LogP contribution in [0.3, 0.4) is 0 Å². The number of hydrogen-bond donors (Lipinski definition) is 1. The van der Waals surface area contributed by atoms with Crippen molar-refractivity contribution in [2.75, 3.05) is 0 Å². The Morgan fingerprint density at radius 2 is 1.86 bits per heavy atom. The SMILES string of the molecule is C[C@@]12CC[C@H]3[C@@H](CC[C@@H]4C[C@@H](O)CC[C@]43C)[C@@H]1CC(=O)C2. The molecule has 1 N–H and O–H groups in total. The van der Waals surface area contributed by atoms with Gasteiger partial charge in [-0.1, -0.05) is 13.8 Å². The van der Waals surface area contributed by atoms with E-state index < -0.39 is 0 Å². The highest BCUT2D eigenvalue weighted by Gasteiger charge is 2.59. The summed E-state index contributed by atoms with van der Waals surface area (Å²) < 4.78 is 0. The number of Topliss-reactive ketones (excluding diaryl/α,β-unsaturated/α-hetero) is 1. The molecule has 118 valence electrons. The zero-order chi connectivity index (χ0) is 14.8. The van der Waals surface area contributed by atoms with E-state index in [4.69, 9.17) is 0 Å². The largest absolute Gasteiger partial charge is 0.393 e. The van der Waals surface area contributed by atoms with Crippen LogP contribution in [0, 0.1) is 34.5 Å². The van der Waals surface area contributed by atoms with Crippen molar-refractivity contribution in [3.05, 3.63) is 0 Å². The molecule has 0 aromatic heterocycles. The van der Waals surface area contributed by atoms with E-state index in [-0.39, 0.29) is 6.10 Å². The van der Waals surface area contributed by atoms with E-state index in [1.807, 2.05) is 0 Å². The Bertz CT molecular complexity index is 458. The van der Waals surface area contributed by atoms with Crippen LogP contribution in [-0.2, 0) is 4.79 Å². The molecule has 4 aliphatic carbocycles. The second-order valence-corrected chi connectivity index (χ2v) is 9.20. The van der Waals surface area contributed by atoms with Crippen molar-refractivity contribution in [2.24, 2.45) is 34.5 Å². The van der Waals surface area contributed by atoms with Gasteiger partial charge in [0.1, 0.15) is 5.78 Å². The molecule has 0 unspecified atom stereocenters. The van der Waals surface area contributed by atoms with Gasteiger partial charge < -0.3 is 5.11 Å². The fourth-order valence-corrected chi connectivity index (χ4v) is 7.01. The standard InChI is InChI=1S/C19H30O2/c1-18-7-6-16-15(17(18)10-14(21)11-18)4-3-12-9-13(20)5-8-19(12,16)2/h12-13,15-17,20H,3-11H2,1-2H3/t12-,13+,15-,16+,17+,18+,19-/m1/s1. The Balaban J connectivity index is 1.63. The molecule has 0 aliphatic heterocycles. The minimum Gasteiger partial charge on any atom is -0.393 e. The fraction of sp³-hybridized carbons (Fsp3) is 0.947. The predicted molar refractivity (Wildman–Crippen MR) is 82.7 cm³/mol. The third-order valence-corrected chi connectivity index (χ3v) is 8.20. The Morgan fingerprint density at radius 1 is 1.05 bits per heavy atom. The molecule has 2 nitrogen and oxygen atoms in total. The maximum absolute atomic E-state index is 12.1. The average molecular weight is 290 g/mol. The zero-order valence-corrected chi connectivity index (χ0v) is 13.6. The van der Waals surface area contributed by atoms with Crippen LogP contribution in [0.4, 0.5) is 0 Å². The lowest BCUT2D eigenvalue weighted by Crippen LogP contribution is -2.53. The predicted octanol–water partition coefficient (Wildman–Crippen LogP) is 3.96. The van der Waals surface area contributed by atoms with Gasteiger partial charge in [0.15, 0.2) is 0 Å². The van der Waals surface area contributed by atoms with Crippen molar-refractivity contribution in [1.29, 1.82) is 0 Å². The van der Waals surface area contributed by atoms with Crippen LogP contribution in [0.25, 0.3) is 0 Å². The summed E-state index contributed by atoms with van der Waals surface area (Å²) in [5, 5.41) is 10.0. The molecule has 4 rings (SSSR count). The fourth-order valence-electron chi connectivity index (χ4n) is 7.01. The molecule has 0 aromatic carbocycles. The minimum atomic E-state index is -0.0541. The first kappa shape index (κ1) is 14.2. The highest BCUT2D eigenvalue weighted by atomic mass is 16.3. The van der Waals surface area contributed by atoms with E-state index in [0.29, 0.717) is 22.5 Å². The minimum absolute atomic E-state index is 0.0541. The number of hydrogen-bond acceptors (Lipinski definition) is 2. The zero-order valence-electron chi connectivity index (χ0n) is 13.6. The molecule has 0 heterocycles. The topological polar surface area (TPSA) is 37.3 Å². The first-order valence-electron chi connectivity index (χ1n) is 9.12. The summed E-state index contributed by atoms with van der Waals surface area (Å²) in [6.45, 7) is 4.90. The van der Waals surface area contributed by atoms with Gasteiger partial charge in [-0.2, -0.15) is 0 Å². The number of carbonyl (C=O) groups excluding carboxylic acids is 1. The van der Waals surface area contributed by atoms with E-state index >= 15 is 0 Å². The average Bonchev–Trinajstić information content (AvgIpc) is 2.74. The maximum Gasteiger partial charge on any atom is 0.133 e. The van der Waals surface area contributed by atoms with E-state index in [1.165, 1.54) is 32.1 Å². The Morgan fingerprint density at radius 3 is 2.67 bits per heavy atom. The van der Waals surface area contributed by atoms with Crippen molar-refractivity contribution in [2.45, 2.75) is 77.7 Å². The molecule has 2 heteroatoms. The summed E-state index contributed by atoms with van der Waals surface area (Å²) in [7, 11) is 0. The van der Waals surface area contributed by atoms with Crippen molar-refractivity contribution < 1.29 is 9.90 Å².